The Hall–Kier alpha value is -2.09. The highest BCUT2D eigenvalue weighted by atomic mass is 35.5. The molecule has 0 spiro atoms. The third-order valence-corrected chi connectivity index (χ3v) is 3.65. The van der Waals surface area contributed by atoms with E-state index in [4.69, 9.17) is 17.3 Å². The first-order valence-corrected chi connectivity index (χ1v) is 6.54. The number of carbonyl (C=O) groups is 1. The highest BCUT2D eigenvalue weighted by Crippen LogP contribution is 2.34. The van der Waals surface area contributed by atoms with Crippen LogP contribution < -0.4 is 11.1 Å². The molecule has 0 aliphatic heterocycles. The van der Waals surface area contributed by atoms with Crippen molar-refractivity contribution in [2.24, 2.45) is 11.1 Å². The normalized spacial score (nSPS) is 24.3. The summed E-state index contributed by atoms with van der Waals surface area (Å²) in [5.74, 6) is -0.723. The molecule has 1 aliphatic rings. The van der Waals surface area contributed by atoms with E-state index in [2.05, 4.69) is 15.3 Å². The molecule has 1 heterocycles. The summed E-state index contributed by atoms with van der Waals surface area (Å²) in [6, 6.07) is -0.609. The minimum Gasteiger partial charge on any atom is -0.369 e. The van der Waals surface area contributed by atoms with E-state index in [0.29, 0.717) is 6.20 Å². The molecule has 3 N–H and O–H groups in total. The third-order valence-electron chi connectivity index (χ3n) is 3.37. The molecule has 0 bridgehead atoms. The lowest BCUT2D eigenvalue weighted by Crippen LogP contribution is -2.46. The van der Waals surface area contributed by atoms with E-state index < -0.39 is 34.3 Å². The molecule has 5 nitrogen and oxygen atoms in total. The first-order chi connectivity index (χ1) is 10.1. The Morgan fingerprint density at radius 3 is 2.68 bits per heavy atom. The van der Waals surface area contributed by atoms with Crippen LogP contribution in [0, 0.1) is 5.41 Å². The fourth-order valence-corrected chi connectivity index (χ4v) is 2.16. The highest BCUT2D eigenvalue weighted by Gasteiger charge is 2.38. The van der Waals surface area contributed by atoms with Crippen molar-refractivity contribution in [2.45, 2.75) is 19.1 Å². The van der Waals surface area contributed by atoms with Crippen molar-refractivity contribution in [3.63, 3.8) is 0 Å². The van der Waals surface area contributed by atoms with Gasteiger partial charge in [0.2, 0.25) is 11.9 Å². The van der Waals surface area contributed by atoms with Crippen LogP contribution in [0.25, 0.3) is 0 Å². The molecule has 1 aromatic rings. The summed E-state index contributed by atoms with van der Waals surface area (Å²) in [6.07, 6.45) is 2.52. The lowest BCUT2D eigenvalue weighted by atomic mass is 9.78. The molecule has 0 saturated carbocycles. The van der Waals surface area contributed by atoms with Gasteiger partial charge in [-0.3, -0.25) is 4.79 Å². The number of alkyl halides is 3. The fourth-order valence-electron chi connectivity index (χ4n) is 1.93. The van der Waals surface area contributed by atoms with Crippen LogP contribution in [0.1, 0.15) is 12.5 Å². The van der Waals surface area contributed by atoms with Crippen molar-refractivity contribution >= 4 is 23.5 Å². The Labute approximate surface area is 129 Å². The first-order valence-electron chi connectivity index (χ1n) is 6.17. The number of primary amides is 1. The molecule has 2 unspecified atom stereocenters. The van der Waals surface area contributed by atoms with Gasteiger partial charge in [-0.2, -0.15) is 13.2 Å². The Balaban J connectivity index is 2.28. The maximum atomic E-state index is 12.6. The maximum absolute atomic E-state index is 12.6. The van der Waals surface area contributed by atoms with Crippen LogP contribution >= 0.6 is 11.6 Å². The number of rotatable bonds is 3. The zero-order chi connectivity index (χ0) is 16.5. The molecule has 0 fully saturated rings. The van der Waals surface area contributed by atoms with E-state index in [-0.39, 0.29) is 5.95 Å². The van der Waals surface area contributed by atoms with E-state index in [0.717, 1.165) is 0 Å². The zero-order valence-corrected chi connectivity index (χ0v) is 12.1. The maximum Gasteiger partial charge on any atom is 0.420 e. The number of halogens is 4. The van der Waals surface area contributed by atoms with Gasteiger partial charge in [0, 0.05) is 6.20 Å². The number of nitrogens with zero attached hydrogens (tertiary/aromatic N) is 2. The van der Waals surface area contributed by atoms with E-state index in [1.54, 1.807) is 31.2 Å². The van der Waals surface area contributed by atoms with Crippen LogP contribution in [0.2, 0.25) is 5.15 Å². The molecule has 2 rings (SSSR count). The number of anilines is 1. The Kier molecular flexibility index (Phi) is 4.15. The summed E-state index contributed by atoms with van der Waals surface area (Å²) in [5.41, 5.74) is 3.19. The average molecular weight is 333 g/mol. The lowest BCUT2D eigenvalue weighted by molar-refractivity contribution is -0.138. The van der Waals surface area contributed by atoms with Gasteiger partial charge in [-0.05, 0) is 6.92 Å². The Bertz CT molecular complexity index is 659. The van der Waals surface area contributed by atoms with Crippen LogP contribution in [0.5, 0.6) is 0 Å². The topological polar surface area (TPSA) is 80.9 Å². The van der Waals surface area contributed by atoms with Gasteiger partial charge in [0.25, 0.3) is 0 Å². The summed E-state index contributed by atoms with van der Waals surface area (Å²) in [5, 5.41) is 2.04. The van der Waals surface area contributed by atoms with Crippen LogP contribution in [-0.2, 0) is 11.0 Å². The van der Waals surface area contributed by atoms with Gasteiger partial charge in [-0.15, -0.1) is 0 Å². The molecule has 1 aromatic heterocycles. The van der Waals surface area contributed by atoms with E-state index in [9.17, 15) is 18.0 Å². The summed E-state index contributed by atoms with van der Waals surface area (Å²) in [6.45, 7) is 1.60. The Morgan fingerprint density at radius 2 is 2.14 bits per heavy atom. The van der Waals surface area contributed by atoms with Crippen molar-refractivity contribution in [2.75, 3.05) is 5.32 Å². The smallest absolute Gasteiger partial charge is 0.369 e. The molecule has 0 saturated heterocycles. The number of nitrogens with two attached hydrogens (primary N) is 1. The molecule has 0 radical (unpaired) electrons. The molecule has 1 amide bonds. The second-order valence-electron chi connectivity index (χ2n) is 4.91. The molecule has 118 valence electrons. The summed E-state index contributed by atoms with van der Waals surface area (Å²) in [7, 11) is 0. The van der Waals surface area contributed by atoms with Crippen molar-refractivity contribution in [3.8, 4) is 0 Å². The first kappa shape index (κ1) is 16.3. The fraction of sp³-hybridized carbons (Fsp3) is 0.308. The van der Waals surface area contributed by atoms with E-state index in [1.165, 1.54) is 0 Å². The number of allylic oxidation sites excluding steroid dienone is 2. The molecular formula is C13H12ClF3N4O. The molecule has 9 heteroatoms. The zero-order valence-electron chi connectivity index (χ0n) is 11.4. The van der Waals surface area contributed by atoms with Gasteiger partial charge in [0.05, 0.1) is 11.5 Å². The minimum atomic E-state index is -4.63. The second-order valence-corrected chi connectivity index (χ2v) is 5.27. The van der Waals surface area contributed by atoms with Crippen molar-refractivity contribution in [1.29, 1.82) is 0 Å². The predicted octanol–water partition coefficient (Wildman–Crippen LogP) is 2.55. The number of carbonyl (C=O) groups excluding carboxylic acids is 1. The number of aromatic nitrogens is 2. The van der Waals surface area contributed by atoms with Crippen molar-refractivity contribution < 1.29 is 18.0 Å². The minimum absolute atomic E-state index is 0.129. The van der Waals surface area contributed by atoms with Gasteiger partial charge in [-0.25, -0.2) is 9.97 Å². The summed E-state index contributed by atoms with van der Waals surface area (Å²) in [4.78, 5) is 18.8. The Morgan fingerprint density at radius 1 is 1.45 bits per heavy atom. The van der Waals surface area contributed by atoms with Crippen LogP contribution in [0.15, 0.2) is 30.5 Å². The van der Waals surface area contributed by atoms with Gasteiger partial charge >= 0.3 is 6.18 Å². The highest BCUT2D eigenvalue weighted by molar-refractivity contribution is 6.30. The second kappa shape index (κ2) is 5.60. The number of amides is 1. The van der Waals surface area contributed by atoms with Crippen LogP contribution in [0.3, 0.4) is 0 Å². The van der Waals surface area contributed by atoms with Crippen molar-refractivity contribution in [1.82, 2.24) is 9.97 Å². The molecule has 0 aromatic carbocycles. The third kappa shape index (κ3) is 3.06. The average Bonchev–Trinajstić information content (AvgIpc) is 2.40. The van der Waals surface area contributed by atoms with Crippen LogP contribution in [0.4, 0.5) is 19.1 Å². The lowest BCUT2D eigenvalue weighted by Gasteiger charge is -2.32. The van der Waals surface area contributed by atoms with Crippen molar-refractivity contribution in [3.05, 3.63) is 41.2 Å². The standard InChI is InChI=1S/C13H12ClF3N4O/c1-12(10(18)22)5-3-2-4-8(12)20-11-19-6-7(9(14)21-11)13(15,16)17/h2-6,8H,1H3,(H2,18,22)(H,19,20,21). The quantitative estimate of drug-likeness (QED) is 0.833. The van der Waals surface area contributed by atoms with Crippen LogP contribution in [-0.4, -0.2) is 21.9 Å². The van der Waals surface area contributed by atoms with Gasteiger partial charge in [0.15, 0.2) is 0 Å². The van der Waals surface area contributed by atoms with Gasteiger partial charge in [-0.1, -0.05) is 35.9 Å². The van der Waals surface area contributed by atoms with E-state index in [1.807, 2.05) is 0 Å². The molecule has 1 aliphatic carbocycles. The monoisotopic (exact) mass is 332 g/mol. The van der Waals surface area contributed by atoms with Gasteiger partial charge in [0.1, 0.15) is 10.7 Å². The SMILES string of the molecule is CC1(C(N)=O)C=CC=CC1Nc1ncc(C(F)(F)F)c(Cl)n1. The largest absolute Gasteiger partial charge is 0.420 e. The molecular weight excluding hydrogens is 321 g/mol. The number of nitrogens with one attached hydrogen (secondary N) is 1. The van der Waals surface area contributed by atoms with Gasteiger partial charge < -0.3 is 11.1 Å². The number of hydrogen-bond acceptors (Lipinski definition) is 4. The summed E-state index contributed by atoms with van der Waals surface area (Å²) < 4.78 is 37.8. The van der Waals surface area contributed by atoms with E-state index >= 15 is 0 Å². The molecule has 22 heavy (non-hydrogen) atoms. The molecule has 2 atom stereocenters. The number of hydrogen-bond donors (Lipinski definition) is 2. The predicted molar refractivity (Wildman–Crippen MR) is 75.0 cm³/mol. The summed E-state index contributed by atoms with van der Waals surface area (Å²) >= 11 is 5.53.